The van der Waals surface area contributed by atoms with Gasteiger partial charge in [-0.15, -0.1) is 0 Å². The maximum atomic E-state index is 13.3. The summed E-state index contributed by atoms with van der Waals surface area (Å²) < 4.78 is 19.0. The van der Waals surface area contributed by atoms with E-state index in [2.05, 4.69) is 0 Å². The highest BCUT2D eigenvalue weighted by Gasteiger charge is 2.09. The van der Waals surface area contributed by atoms with Crippen molar-refractivity contribution in [2.45, 2.75) is 20.8 Å². The number of aryl methyl sites for hydroxylation is 3. The molecule has 2 rings (SSSR count). The lowest BCUT2D eigenvalue weighted by molar-refractivity contribution is 0.481. The second kappa shape index (κ2) is 5.10. The zero-order valence-corrected chi connectivity index (χ0v) is 11.8. The molecule has 0 aliphatic heterocycles. The van der Waals surface area contributed by atoms with Crippen LogP contribution in [0.2, 0.25) is 5.02 Å². The van der Waals surface area contributed by atoms with Crippen LogP contribution in [0.25, 0.3) is 0 Å². The van der Waals surface area contributed by atoms with Crippen molar-refractivity contribution in [2.24, 2.45) is 0 Å². The normalized spacial score (nSPS) is 10.6. The molecule has 0 radical (unpaired) electrons. The number of rotatable bonds is 2. The van der Waals surface area contributed by atoms with Crippen LogP contribution in [-0.2, 0) is 0 Å². The van der Waals surface area contributed by atoms with Crippen LogP contribution >= 0.6 is 11.6 Å². The minimum atomic E-state index is -0.340. The topological polar surface area (TPSA) is 35.2 Å². The van der Waals surface area contributed by atoms with E-state index in [-0.39, 0.29) is 11.5 Å². The van der Waals surface area contributed by atoms with Gasteiger partial charge in [-0.05, 0) is 55.7 Å². The van der Waals surface area contributed by atoms with Gasteiger partial charge in [0.1, 0.15) is 11.6 Å². The standard InChI is InChI=1S/C15H15ClFNO/c1-8-6-14(13(18)7-12(8)17)19-11-4-9(2)15(16)10(3)5-11/h4-7H,18H2,1-3H3. The van der Waals surface area contributed by atoms with Crippen LogP contribution in [0.1, 0.15) is 16.7 Å². The molecular formula is C15H15ClFNO. The van der Waals surface area contributed by atoms with Crippen molar-refractivity contribution in [1.82, 2.24) is 0 Å². The van der Waals surface area contributed by atoms with Crippen molar-refractivity contribution in [3.05, 3.63) is 51.8 Å². The van der Waals surface area contributed by atoms with Crippen LogP contribution in [0, 0.1) is 26.6 Å². The van der Waals surface area contributed by atoms with E-state index in [1.165, 1.54) is 6.07 Å². The molecule has 0 aliphatic carbocycles. The number of nitrogens with two attached hydrogens (primary N) is 1. The number of anilines is 1. The summed E-state index contributed by atoms with van der Waals surface area (Å²) in [5.74, 6) is 0.741. The molecule has 0 atom stereocenters. The average Bonchev–Trinajstić information content (AvgIpc) is 2.33. The molecule has 0 bridgehead atoms. The number of halogens is 2. The molecule has 0 heterocycles. The van der Waals surface area contributed by atoms with Gasteiger partial charge in [0.05, 0.1) is 5.69 Å². The summed E-state index contributed by atoms with van der Waals surface area (Å²) in [6.07, 6.45) is 0. The summed E-state index contributed by atoms with van der Waals surface area (Å²) in [7, 11) is 0. The maximum absolute atomic E-state index is 13.3. The molecule has 2 aromatic carbocycles. The fourth-order valence-electron chi connectivity index (χ4n) is 1.85. The number of hydrogen-bond donors (Lipinski definition) is 1. The first-order valence-corrected chi connectivity index (χ1v) is 6.26. The second-order valence-electron chi connectivity index (χ2n) is 4.61. The second-order valence-corrected chi connectivity index (χ2v) is 4.99. The van der Waals surface area contributed by atoms with Gasteiger partial charge >= 0.3 is 0 Å². The maximum Gasteiger partial charge on any atom is 0.150 e. The molecule has 2 aromatic rings. The van der Waals surface area contributed by atoms with Gasteiger partial charge in [-0.2, -0.15) is 0 Å². The Balaban J connectivity index is 2.39. The Labute approximate surface area is 117 Å². The van der Waals surface area contributed by atoms with Crippen LogP contribution in [0.5, 0.6) is 11.5 Å². The molecule has 0 unspecified atom stereocenters. The predicted molar refractivity (Wildman–Crippen MR) is 76.5 cm³/mol. The summed E-state index contributed by atoms with van der Waals surface area (Å²) in [6.45, 7) is 5.48. The van der Waals surface area contributed by atoms with Gasteiger partial charge in [-0.3, -0.25) is 0 Å². The summed E-state index contributed by atoms with van der Waals surface area (Å²) in [5, 5.41) is 0.718. The van der Waals surface area contributed by atoms with Crippen molar-refractivity contribution < 1.29 is 9.13 Å². The third kappa shape index (κ3) is 2.82. The van der Waals surface area contributed by atoms with Gasteiger partial charge in [0.25, 0.3) is 0 Å². The molecule has 100 valence electrons. The van der Waals surface area contributed by atoms with E-state index in [4.69, 9.17) is 22.1 Å². The highest BCUT2D eigenvalue weighted by molar-refractivity contribution is 6.32. The first-order valence-electron chi connectivity index (χ1n) is 5.88. The van der Waals surface area contributed by atoms with Crippen molar-refractivity contribution in [2.75, 3.05) is 5.73 Å². The largest absolute Gasteiger partial charge is 0.455 e. The summed E-state index contributed by atoms with van der Waals surface area (Å²) in [4.78, 5) is 0. The number of hydrogen-bond acceptors (Lipinski definition) is 2. The molecule has 0 aromatic heterocycles. The Morgan fingerprint density at radius 2 is 1.58 bits per heavy atom. The lowest BCUT2D eigenvalue weighted by Crippen LogP contribution is -1.96. The third-order valence-corrected chi connectivity index (χ3v) is 3.53. The molecule has 0 aliphatic rings. The molecule has 2 nitrogen and oxygen atoms in total. The summed E-state index contributed by atoms with van der Waals surface area (Å²) >= 11 is 6.10. The van der Waals surface area contributed by atoms with Gasteiger partial charge in [0.15, 0.2) is 5.75 Å². The molecule has 0 amide bonds. The van der Waals surface area contributed by atoms with Gasteiger partial charge in [0, 0.05) is 11.1 Å². The zero-order chi connectivity index (χ0) is 14.2. The molecule has 2 N–H and O–H groups in total. The Bertz CT molecular complexity index is 617. The van der Waals surface area contributed by atoms with E-state index < -0.39 is 0 Å². The van der Waals surface area contributed by atoms with Crippen molar-refractivity contribution in [3.8, 4) is 11.5 Å². The van der Waals surface area contributed by atoms with Gasteiger partial charge < -0.3 is 10.5 Å². The lowest BCUT2D eigenvalue weighted by Gasteiger charge is -2.12. The number of nitrogen functional groups attached to an aromatic ring is 1. The molecule has 0 saturated heterocycles. The van der Waals surface area contributed by atoms with Gasteiger partial charge in [-0.1, -0.05) is 11.6 Å². The van der Waals surface area contributed by atoms with Gasteiger partial charge in [-0.25, -0.2) is 4.39 Å². The first-order chi connectivity index (χ1) is 8.88. The molecule has 0 fully saturated rings. The highest BCUT2D eigenvalue weighted by Crippen LogP contribution is 2.33. The first kappa shape index (κ1) is 13.7. The van der Waals surface area contributed by atoms with E-state index in [1.807, 2.05) is 26.0 Å². The Morgan fingerprint density at radius 3 is 2.16 bits per heavy atom. The highest BCUT2D eigenvalue weighted by atomic mass is 35.5. The Kier molecular flexibility index (Phi) is 3.67. The molecule has 0 spiro atoms. The van der Waals surface area contributed by atoms with Crippen LogP contribution in [0.15, 0.2) is 24.3 Å². The van der Waals surface area contributed by atoms with Gasteiger partial charge in [0.2, 0.25) is 0 Å². The van der Waals surface area contributed by atoms with E-state index >= 15 is 0 Å². The molecular weight excluding hydrogens is 265 g/mol. The molecule has 19 heavy (non-hydrogen) atoms. The minimum Gasteiger partial charge on any atom is -0.455 e. The number of benzene rings is 2. The van der Waals surface area contributed by atoms with Crippen molar-refractivity contribution in [1.29, 1.82) is 0 Å². The Morgan fingerprint density at radius 1 is 1.00 bits per heavy atom. The SMILES string of the molecule is Cc1cc(Oc2cc(C)c(Cl)c(C)c2)c(N)cc1F. The van der Waals surface area contributed by atoms with Crippen LogP contribution in [-0.4, -0.2) is 0 Å². The molecule has 0 saturated carbocycles. The minimum absolute atomic E-state index is 0.272. The summed E-state index contributed by atoms with van der Waals surface area (Å²) in [6, 6.07) is 6.51. The Hall–Kier alpha value is -1.74. The van der Waals surface area contributed by atoms with Crippen LogP contribution in [0.3, 0.4) is 0 Å². The van der Waals surface area contributed by atoms with Crippen molar-refractivity contribution >= 4 is 17.3 Å². The zero-order valence-electron chi connectivity index (χ0n) is 11.1. The fourth-order valence-corrected chi connectivity index (χ4v) is 1.96. The lowest BCUT2D eigenvalue weighted by atomic mass is 10.1. The average molecular weight is 280 g/mol. The van der Waals surface area contributed by atoms with E-state index in [1.54, 1.807) is 13.0 Å². The smallest absolute Gasteiger partial charge is 0.150 e. The quantitative estimate of drug-likeness (QED) is 0.803. The summed E-state index contributed by atoms with van der Waals surface area (Å²) in [5.41, 5.74) is 8.37. The van der Waals surface area contributed by atoms with E-state index in [0.717, 1.165) is 16.1 Å². The third-order valence-electron chi connectivity index (χ3n) is 2.93. The monoisotopic (exact) mass is 279 g/mol. The predicted octanol–water partition coefficient (Wildman–Crippen LogP) is 4.78. The molecule has 4 heteroatoms. The van der Waals surface area contributed by atoms with E-state index in [9.17, 15) is 4.39 Å². The van der Waals surface area contributed by atoms with Crippen LogP contribution in [0.4, 0.5) is 10.1 Å². The fraction of sp³-hybridized carbons (Fsp3) is 0.200. The van der Waals surface area contributed by atoms with Crippen LogP contribution < -0.4 is 10.5 Å². The van der Waals surface area contributed by atoms with Crippen molar-refractivity contribution in [3.63, 3.8) is 0 Å². The number of ether oxygens (including phenoxy) is 1. The van der Waals surface area contributed by atoms with E-state index in [0.29, 0.717) is 17.1 Å².